The van der Waals surface area contributed by atoms with Crippen molar-refractivity contribution >= 4 is 24.2 Å². The largest absolute Gasteiger partial charge is 0.359 e. The van der Waals surface area contributed by atoms with Gasteiger partial charge in [0.15, 0.2) is 0 Å². The first-order valence-corrected chi connectivity index (χ1v) is 6.10. The molecule has 0 aliphatic carbocycles. The van der Waals surface area contributed by atoms with Crippen molar-refractivity contribution in [3.8, 4) is 0 Å². The first-order valence-electron chi connectivity index (χ1n) is 6.10. The molecule has 0 spiro atoms. The summed E-state index contributed by atoms with van der Waals surface area (Å²) in [6.45, 7) is 4.32. The second-order valence-corrected chi connectivity index (χ2v) is 4.67. The SMILES string of the molecule is CCCC(C)(N)C(=O)N(C)CCCC(=O)NC.Cl. The number of nitrogens with zero attached hydrogens (tertiary/aromatic N) is 1. The van der Waals surface area contributed by atoms with Crippen LogP contribution in [0.2, 0.25) is 0 Å². The van der Waals surface area contributed by atoms with Crippen LogP contribution in [0.4, 0.5) is 0 Å². The summed E-state index contributed by atoms with van der Waals surface area (Å²) < 4.78 is 0. The molecule has 2 amide bonds. The minimum atomic E-state index is -0.795. The van der Waals surface area contributed by atoms with Crippen molar-refractivity contribution in [1.29, 1.82) is 0 Å². The smallest absolute Gasteiger partial charge is 0.242 e. The molecule has 0 saturated heterocycles. The molecule has 18 heavy (non-hydrogen) atoms. The highest BCUT2D eigenvalue weighted by atomic mass is 35.5. The maximum absolute atomic E-state index is 12.0. The fourth-order valence-corrected chi connectivity index (χ4v) is 1.77. The van der Waals surface area contributed by atoms with Crippen LogP contribution in [0.1, 0.15) is 39.5 Å². The fourth-order valence-electron chi connectivity index (χ4n) is 1.77. The van der Waals surface area contributed by atoms with Crippen molar-refractivity contribution in [3.05, 3.63) is 0 Å². The van der Waals surface area contributed by atoms with Gasteiger partial charge in [-0.15, -0.1) is 12.4 Å². The van der Waals surface area contributed by atoms with Crippen molar-refractivity contribution < 1.29 is 9.59 Å². The number of amides is 2. The summed E-state index contributed by atoms with van der Waals surface area (Å²) in [6, 6.07) is 0. The van der Waals surface area contributed by atoms with Crippen molar-refractivity contribution in [2.75, 3.05) is 20.6 Å². The zero-order chi connectivity index (χ0) is 13.5. The lowest BCUT2D eigenvalue weighted by molar-refractivity contribution is -0.135. The van der Waals surface area contributed by atoms with Gasteiger partial charge in [-0.25, -0.2) is 0 Å². The Balaban J connectivity index is 0. The zero-order valence-electron chi connectivity index (χ0n) is 11.8. The van der Waals surface area contributed by atoms with E-state index in [0.717, 1.165) is 6.42 Å². The number of nitrogens with one attached hydrogen (secondary N) is 1. The minimum Gasteiger partial charge on any atom is -0.359 e. The Morgan fingerprint density at radius 2 is 1.94 bits per heavy atom. The highest BCUT2D eigenvalue weighted by molar-refractivity contribution is 5.85. The second kappa shape index (κ2) is 9.16. The second-order valence-electron chi connectivity index (χ2n) is 4.67. The molecule has 0 heterocycles. The van der Waals surface area contributed by atoms with Gasteiger partial charge >= 0.3 is 0 Å². The molecule has 0 radical (unpaired) electrons. The van der Waals surface area contributed by atoms with Gasteiger partial charge < -0.3 is 16.0 Å². The molecule has 0 saturated carbocycles. The third-order valence-corrected chi connectivity index (χ3v) is 2.78. The van der Waals surface area contributed by atoms with Gasteiger partial charge in [0.25, 0.3) is 0 Å². The lowest BCUT2D eigenvalue weighted by Gasteiger charge is -2.28. The molecule has 1 unspecified atom stereocenters. The summed E-state index contributed by atoms with van der Waals surface area (Å²) in [5, 5.41) is 2.55. The normalized spacial score (nSPS) is 13.2. The van der Waals surface area contributed by atoms with Crippen LogP contribution in [0.5, 0.6) is 0 Å². The monoisotopic (exact) mass is 279 g/mol. The summed E-state index contributed by atoms with van der Waals surface area (Å²) in [4.78, 5) is 24.6. The van der Waals surface area contributed by atoms with Crippen molar-refractivity contribution in [1.82, 2.24) is 10.2 Å². The fraction of sp³-hybridized carbons (Fsp3) is 0.833. The third kappa shape index (κ3) is 6.81. The zero-order valence-corrected chi connectivity index (χ0v) is 12.6. The van der Waals surface area contributed by atoms with E-state index in [2.05, 4.69) is 5.32 Å². The Morgan fingerprint density at radius 1 is 1.39 bits per heavy atom. The summed E-state index contributed by atoms with van der Waals surface area (Å²) >= 11 is 0. The van der Waals surface area contributed by atoms with Gasteiger partial charge in [0.2, 0.25) is 11.8 Å². The van der Waals surface area contributed by atoms with E-state index in [1.165, 1.54) is 0 Å². The number of likely N-dealkylation sites (N-methyl/N-ethyl adjacent to an activating group) is 1. The van der Waals surface area contributed by atoms with Crippen LogP contribution in [-0.2, 0) is 9.59 Å². The Labute approximate surface area is 116 Å². The Hall–Kier alpha value is -0.810. The van der Waals surface area contributed by atoms with E-state index in [9.17, 15) is 9.59 Å². The topological polar surface area (TPSA) is 75.4 Å². The number of carbonyl (C=O) groups is 2. The Kier molecular flexibility index (Phi) is 9.94. The molecule has 0 rings (SSSR count). The number of carbonyl (C=O) groups excluding carboxylic acids is 2. The first kappa shape index (κ1) is 19.5. The molecular weight excluding hydrogens is 254 g/mol. The van der Waals surface area contributed by atoms with Crippen LogP contribution in [0.3, 0.4) is 0 Å². The predicted octanol–water partition coefficient (Wildman–Crippen LogP) is 0.910. The first-order chi connectivity index (χ1) is 7.85. The van der Waals surface area contributed by atoms with Gasteiger partial charge in [0.1, 0.15) is 0 Å². The summed E-state index contributed by atoms with van der Waals surface area (Å²) in [5.41, 5.74) is 5.16. The number of nitrogens with two attached hydrogens (primary N) is 1. The van der Waals surface area contributed by atoms with Gasteiger partial charge in [-0.3, -0.25) is 9.59 Å². The summed E-state index contributed by atoms with van der Waals surface area (Å²) in [5.74, 6) is -0.0637. The van der Waals surface area contributed by atoms with Crippen molar-refractivity contribution in [2.24, 2.45) is 5.73 Å². The van der Waals surface area contributed by atoms with Gasteiger partial charge in [0.05, 0.1) is 5.54 Å². The third-order valence-electron chi connectivity index (χ3n) is 2.78. The molecule has 3 N–H and O–H groups in total. The van der Waals surface area contributed by atoms with Crippen LogP contribution in [0, 0.1) is 0 Å². The lowest BCUT2D eigenvalue weighted by atomic mass is 9.96. The number of halogens is 1. The molecule has 5 nitrogen and oxygen atoms in total. The summed E-state index contributed by atoms with van der Waals surface area (Å²) in [7, 11) is 3.34. The predicted molar refractivity (Wildman–Crippen MR) is 75.7 cm³/mol. The maximum Gasteiger partial charge on any atom is 0.242 e. The molecule has 0 aromatic carbocycles. The molecule has 0 fully saturated rings. The van der Waals surface area contributed by atoms with Gasteiger partial charge in [-0.2, -0.15) is 0 Å². The average molecular weight is 280 g/mol. The number of rotatable bonds is 7. The van der Waals surface area contributed by atoms with Crippen LogP contribution in [-0.4, -0.2) is 42.9 Å². The molecule has 0 aromatic heterocycles. The van der Waals surface area contributed by atoms with E-state index in [1.54, 1.807) is 25.9 Å². The Morgan fingerprint density at radius 3 is 2.39 bits per heavy atom. The van der Waals surface area contributed by atoms with Crippen LogP contribution < -0.4 is 11.1 Å². The van der Waals surface area contributed by atoms with Gasteiger partial charge in [-0.05, 0) is 19.8 Å². The van der Waals surface area contributed by atoms with E-state index >= 15 is 0 Å². The average Bonchev–Trinajstić information content (AvgIpc) is 2.27. The van der Waals surface area contributed by atoms with Gasteiger partial charge in [-0.1, -0.05) is 13.3 Å². The molecule has 0 bridgehead atoms. The maximum atomic E-state index is 12.0. The number of hydrogen-bond donors (Lipinski definition) is 2. The highest BCUT2D eigenvalue weighted by Crippen LogP contribution is 2.12. The van der Waals surface area contributed by atoms with Gasteiger partial charge in [0, 0.05) is 27.1 Å². The molecule has 1 atom stereocenters. The van der Waals surface area contributed by atoms with Crippen LogP contribution in [0.15, 0.2) is 0 Å². The standard InChI is InChI=1S/C12H25N3O2.ClH/c1-5-8-12(2,13)11(17)15(4)9-6-7-10(16)14-3;/h5-9,13H2,1-4H3,(H,14,16);1H. The molecular formula is C12H26ClN3O2. The van der Waals surface area contributed by atoms with E-state index in [-0.39, 0.29) is 24.2 Å². The van der Waals surface area contributed by atoms with E-state index in [4.69, 9.17) is 5.73 Å². The molecule has 0 aliphatic heterocycles. The van der Waals surface area contributed by atoms with E-state index in [0.29, 0.717) is 25.8 Å². The van der Waals surface area contributed by atoms with Crippen LogP contribution >= 0.6 is 12.4 Å². The van der Waals surface area contributed by atoms with E-state index in [1.807, 2.05) is 6.92 Å². The van der Waals surface area contributed by atoms with Crippen LogP contribution in [0.25, 0.3) is 0 Å². The van der Waals surface area contributed by atoms with E-state index < -0.39 is 5.54 Å². The molecule has 0 aromatic rings. The Bertz CT molecular complexity index is 270. The molecule has 6 heteroatoms. The van der Waals surface area contributed by atoms with Crippen molar-refractivity contribution in [2.45, 2.75) is 45.1 Å². The molecule has 0 aliphatic rings. The quantitative estimate of drug-likeness (QED) is 0.727. The van der Waals surface area contributed by atoms with Crippen molar-refractivity contribution in [3.63, 3.8) is 0 Å². The number of hydrogen-bond acceptors (Lipinski definition) is 3. The molecule has 108 valence electrons. The highest BCUT2D eigenvalue weighted by Gasteiger charge is 2.29. The minimum absolute atomic E-state index is 0. The summed E-state index contributed by atoms with van der Waals surface area (Å²) in [6.07, 6.45) is 2.64. The lowest BCUT2D eigenvalue weighted by Crippen LogP contribution is -2.52.